The zero-order valence-corrected chi connectivity index (χ0v) is 23.3. The largest absolute Gasteiger partial charge is 0.449 e. The highest BCUT2D eigenvalue weighted by Crippen LogP contribution is 2.25. The first-order valence-corrected chi connectivity index (χ1v) is 13.7. The van der Waals surface area contributed by atoms with Crippen LogP contribution < -0.4 is 5.32 Å². The highest BCUT2D eigenvalue weighted by Gasteiger charge is 2.30. The molecule has 4 aromatic rings. The molecule has 0 aliphatic rings. The van der Waals surface area contributed by atoms with E-state index >= 15 is 0 Å². The Morgan fingerprint density at radius 1 is 1.18 bits per heavy atom. The van der Waals surface area contributed by atoms with Gasteiger partial charge in [-0.15, -0.1) is 11.3 Å². The fraction of sp³-hybridized carbons (Fsp3) is 0.393. The molecule has 2 N–H and O–H groups in total. The zero-order valence-electron chi connectivity index (χ0n) is 22.5. The number of hydrogen-bond acceptors (Lipinski definition) is 7. The lowest BCUT2D eigenvalue weighted by molar-refractivity contribution is 0.0851. The minimum Gasteiger partial charge on any atom is -0.449 e. The van der Waals surface area contributed by atoms with Gasteiger partial charge in [-0.25, -0.2) is 19.2 Å². The van der Waals surface area contributed by atoms with Crippen LogP contribution in [0.1, 0.15) is 54.7 Å². The summed E-state index contributed by atoms with van der Waals surface area (Å²) in [6.07, 6.45) is 1.51. The summed E-state index contributed by atoms with van der Waals surface area (Å²) >= 11 is 1.33. The summed E-state index contributed by atoms with van der Waals surface area (Å²) in [5, 5.41) is 5.00. The van der Waals surface area contributed by atoms with Gasteiger partial charge in [0.05, 0.1) is 34.9 Å². The first-order chi connectivity index (χ1) is 18.6. The van der Waals surface area contributed by atoms with Crippen LogP contribution in [0.4, 0.5) is 9.18 Å². The van der Waals surface area contributed by atoms with Crippen molar-refractivity contribution in [1.29, 1.82) is 0 Å². The molecule has 206 valence electrons. The van der Waals surface area contributed by atoms with Crippen LogP contribution in [0, 0.1) is 11.7 Å². The van der Waals surface area contributed by atoms with Gasteiger partial charge in [-0.1, -0.05) is 39.8 Å². The topological polar surface area (TPSA) is 113 Å². The summed E-state index contributed by atoms with van der Waals surface area (Å²) < 4.78 is 19.4. The lowest BCUT2D eigenvalue weighted by atomic mass is 9.92. The number of ether oxygens (including phenoxy) is 1. The van der Waals surface area contributed by atoms with Crippen LogP contribution in [0.2, 0.25) is 0 Å². The van der Waals surface area contributed by atoms with Crippen molar-refractivity contribution in [1.82, 2.24) is 30.2 Å². The van der Waals surface area contributed by atoms with E-state index in [-0.39, 0.29) is 23.9 Å². The Labute approximate surface area is 230 Å². The van der Waals surface area contributed by atoms with Crippen LogP contribution in [0.3, 0.4) is 0 Å². The number of halogens is 1. The molecule has 39 heavy (non-hydrogen) atoms. The van der Waals surface area contributed by atoms with Gasteiger partial charge in [0, 0.05) is 36.5 Å². The molecular formula is C28H33FN6O3S. The third-order valence-corrected chi connectivity index (χ3v) is 6.95. The Morgan fingerprint density at radius 2 is 1.97 bits per heavy atom. The number of amides is 2. The third kappa shape index (κ3) is 7.38. The van der Waals surface area contributed by atoms with Gasteiger partial charge in [-0.05, 0) is 30.2 Å². The number of nitrogens with zero attached hydrogens (tertiary/aromatic N) is 4. The van der Waals surface area contributed by atoms with Crippen molar-refractivity contribution in [2.24, 2.45) is 5.92 Å². The van der Waals surface area contributed by atoms with Gasteiger partial charge in [0.2, 0.25) is 0 Å². The van der Waals surface area contributed by atoms with Gasteiger partial charge in [0.15, 0.2) is 0 Å². The SMILES string of the molecule is CC(C)COC(=O)N(CCc1nc(C(=O)NCc2ncccc2F)cs1)CC(C)(C)c1nc2ccccc2[nH]1. The van der Waals surface area contributed by atoms with E-state index < -0.39 is 23.2 Å². The van der Waals surface area contributed by atoms with Crippen LogP contribution in [-0.4, -0.2) is 56.5 Å². The first kappa shape index (κ1) is 28.2. The van der Waals surface area contributed by atoms with Crippen molar-refractivity contribution in [2.45, 2.75) is 46.1 Å². The van der Waals surface area contributed by atoms with Gasteiger partial charge in [-0.2, -0.15) is 0 Å². The van der Waals surface area contributed by atoms with Crippen molar-refractivity contribution in [3.05, 3.63) is 76.0 Å². The van der Waals surface area contributed by atoms with Crippen molar-refractivity contribution in [3.8, 4) is 0 Å². The Balaban J connectivity index is 1.42. The Hall–Kier alpha value is -3.86. The molecule has 0 atom stereocenters. The summed E-state index contributed by atoms with van der Waals surface area (Å²) in [5.41, 5.74) is 1.72. The number of aromatic nitrogens is 4. The maximum atomic E-state index is 13.8. The molecule has 0 aliphatic carbocycles. The van der Waals surface area contributed by atoms with Crippen molar-refractivity contribution < 1.29 is 18.7 Å². The number of rotatable bonds is 11. The van der Waals surface area contributed by atoms with Crippen molar-refractivity contribution in [2.75, 3.05) is 19.7 Å². The third-order valence-electron chi connectivity index (χ3n) is 6.05. The highest BCUT2D eigenvalue weighted by molar-refractivity contribution is 7.09. The Bertz CT molecular complexity index is 1400. The second-order valence-corrected chi connectivity index (χ2v) is 11.3. The predicted molar refractivity (Wildman–Crippen MR) is 148 cm³/mol. The number of H-pyrrole nitrogens is 1. The van der Waals surface area contributed by atoms with E-state index in [2.05, 4.69) is 20.3 Å². The molecule has 0 unspecified atom stereocenters. The van der Waals surface area contributed by atoms with E-state index in [0.717, 1.165) is 16.9 Å². The van der Waals surface area contributed by atoms with E-state index in [1.807, 2.05) is 52.0 Å². The molecule has 11 heteroatoms. The highest BCUT2D eigenvalue weighted by atomic mass is 32.1. The quantitative estimate of drug-likeness (QED) is 0.268. The maximum absolute atomic E-state index is 13.8. The maximum Gasteiger partial charge on any atom is 0.409 e. The minimum absolute atomic E-state index is 0.0370. The Kier molecular flexibility index (Phi) is 8.90. The number of imidazole rings is 1. The molecule has 1 aromatic carbocycles. The van der Waals surface area contributed by atoms with Gasteiger partial charge in [-0.3, -0.25) is 9.78 Å². The first-order valence-electron chi connectivity index (χ1n) is 12.8. The number of pyridine rings is 1. The minimum atomic E-state index is -0.482. The second-order valence-electron chi connectivity index (χ2n) is 10.4. The van der Waals surface area contributed by atoms with Crippen LogP contribution in [0.25, 0.3) is 11.0 Å². The number of benzene rings is 1. The normalized spacial score (nSPS) is 11.6. The number of carbonyl (C=O) groups is 2. The molecule has 4 rings (SSSR count). The summed E-state index contributed by atoms with van der Waals surface area (Å²) in [4.78, 5) is 43.8. The molecule has 3 heterocycles. The van der Waals surface area contributed by atoms with E-state index in [1.165, 1.54) is 29.7 Å². The standard InChI is InChI=1S/C28H33FN6O3S/c1-18(2)15-38-27(37)35(17-28(3,4)26-33-20-9-5-6-10-21(20)34-26)13-11-24-32-23(16-39-24)25(36)31-14-22-19(29)8-7-12-30-22/h5-10,12,16,18H,11,13-15,17H2,1-4H3,(H,31,36)(H,33,34). The van der Waals surface area contributed by atoms with Gasteiger partial charge < -0.3 is 19.9 Å². The number of hydrogen-bond donors (Lipinski definition) is 2. The molecule has 0 saturated carbocycles. The lowest BCUT2D eigenvalue weighted by Crippen LogP contribution is -2.43. The van der Waals surface area contributed by atoms with Gasteiger partial charge >= 0.3 is 6.09 Å². The molecular weight excluding hydrogens is 519 g/mol. The number of carbonyl (C=O) groups excluding carboxylic acids is 2. The Morgan fingerprint density at radius 3 is 2.72 bits per heavy atom. The monoisotopic (exact) mass is 552 g/mol. The molecule has 0 aliphatic heterocycles. The smallest absolute Gasteiger partial charge is 0.409 e. The molecule has 0 saturated heterocycles. The molecule has 2 amide bonds. The fourth-order valence-corrected chi connectivity index (χ4v) is 4.72. The van der Waals surface area contributed by atoms with Gasteiger partial charge in [0.25, 0.3) is 5.91 Å². The second kappa shape index (κ2) is 12.3. The van der Waals surface area contributed by atoms with Crippen LogP contribution in [-0.2, 0) is 23.1 Å². The summed E-state index contributed by atoms with van der Waals surface area (Å²) in [6, 6.07) is 10.6. The van der Waals surface area contributed by atoms with E-state index in [9.17, 15) is 14.0 Å². The van der Waals surface area contributed by atoms with E-state index in [4.69, 9.17) is 9.72 Å². The van der Waals surface area contributed by atoms with Gasteiger partial charge in [0.1, 0.15) is 17.3 Å². The molecule has 9 nitrogen and oxygen atoms in total. The molecule has 3 aromatic heterocycles. The summed E-state index contributed by atoms with van der Waals surface area (Å²) in [7, 11) is 0. The number of aromatic amines is 1. The predicted octanol–water partition coefficient (Wildman–Crippen LogP) is 5.10. The average Bonchev–Trinajstić information content (AvgIpc) is 3.57. The lowest BCUT2D eigenvalue weighted by Gasteiger charge is -2.31. The zero-order chi connectivity index (χ0) is 28.0. The van der Waals surface area contributed by atoms with Crippen molar-refractivity contribution >= 4 is 34.4 Å². The summed E-state index contributed by atoms with van der Waals surface area (Å²) in [5.74, 6) is 0.0928. The molecule has 0 radical (unpaired) electrons. The van der Waals surface area contributed by atoms with Crippen LogP contribution >= 0.6 is 11.3 Å². The number of fused-ring (bicyclic) bond motifs is 1. The van der Waals surface area contributed by atoms with Crippen LogP contribution in [0.15, 0.2) is 48.0 Å². The fourth-order valence-electron chi connectivity index (χ4n) is 3.95. The average molecular weight is 553 g/mol. The van der Waals surface area contributed by atoms with Crippen molar-refractivity contribution in [3.63, 3.8) is 0 Å². The number of thiazole rings is 1. The van der Waals surface area contributed by atoms with E-state index in [1.54, 1.807) is 10.3 Å². The molecule has 0 spiro atoms. The number of nitrogens with one attached hydrogen (secondary N) is 2. The molecule has 0 fully saturated rings. The van der Waals surface area contributed by atoms with Crippen LogP contribution in [0.5, 0.6) is 0 Å². The summed E-state index contributed by atoms with van der Waals surface area (Å²) in [6.45, 7) is 9.05. The number of para-hydroxylation sites is 2. The van der Waals surface area contributed by atoms with E-state index in [0.29, 0.717) is 31.1 Å². The molecule has 0 bridgehead atoms.